The number of aromatic nitrogens is 2. The van der Waals surface area contributed by atoms with Crippen LogP contribution in [0.2, 0.25) is 0 Å². The third-order valence-electron chi connectivity index (χ3n) is 4.10. The highest BCUT2D eigenvalue weighted by atomic mass is 32.2. The molecular formula is C14H19N3O3S. The average molecular weight is 309 g/mol. The summed E-state index contributed by atoms with van der Waals surface area (Å²) in [5.74, 6) is 0.512. The van der Waals surface area contributed by atoms with Crippen LogP contribution in [0.3, 0.4) is 0 Å². The molecule has 21 heavy (non-hydrogen) atoms. The van der Waals surface area contributed by atoms with E-state index in [2.05, 4.69) is 14.7 Å². The van der Waals surface area contributed by atoms with Gasteiger partial charge in [0.05, 0.1) is 10.8 Å². The third kappa shape index (κ3) is 3.40. The van der Waals surface area contributed by atoms with Crippen molar-refractivity contribution in [2.75, 3.05) is 0 Å². The van der Waals surface area contributed by atoms with Crippen LogP contribution in [-0.2, 0) is 10.0 Å². The molecule has 114 valence electrons. The maximum absolute atomic E-state index is 12.2. The fourth-order valence-corrected chi connectivity index (χ4v) is 4.15. The Kier molecular flexibility index (Phi) is 3.93. The molecule has 0 radical (unpaired) electrons. The molecule has 0 atom stereocenters. The molecule has 7 heteroatoms. The number of sulfonamides is 1. The molecule has 2 fully saturated rings. The number of nitrogens with zero attached hydrogens (tertiary/aromatic N) is 2. The largest absolute Gasteiger partial charge is 0.268 e. The summed E-state index contributed by atoms with van der Waals surface area (Å²) in [6.07, 6.45) is 9.11. The van der Waals surface area contributed by atoms with Crippen LogP contribution in [0.5, 0.6) is 0 Å². The summed E-state index contributed by atoms with van der Waals surface area (Å²) >= 11 is 0. The van der Waals surface area contributed by atoms with Gasteiger partial charge >= 0.3 is 0 Å². The number of rotatable bonds is 4. The summed E-state index contributed by atoms with van der Waals surface area (Å²) in [6, 6.07) is 0. The minimum Gasteiger partial charge on any atom is -0.268 e. The predicted molar refractivity (Wildman–Crippen MR) is 77.3 cm³/mol. The van der Waals surface area contributed by atoms with Gasteiger partial charge in [0.1, 0.15) is 5.82 Å². The minimum atomic E-state index is -3.60. The van der Waals surface area contributed by atoms with Crippen LogP contribution in [0.4, 0.5) is 0 Å². The van der Waals surface area contributed by atoms with Crippen molar-refractivity contribution in [3.8, 4) is 0 Å². The van der Waals surface area contributed by atoms with E-state index in [0.717, 1.165) is 37.9 Å². The van der Waals surface area contributed by atoms with Crippen LogP contribution in [0.25, 0.3) is 0 Å². The molecule has 2 saturated carbocycles. The molecule has 0 saturated heterocycles. The Bertz CT molecular complexity index is 617. The van der Waals surface area contributed by atoms with Gasteiger partial charge in [-0.05, 0) is 25.7 Å². The van der Waals surface area contributed by atoms with E-state index in [1.807, 2.05) is 0 Å². The Morgan fingerprint density at radius 1 is 1.05 bits per heavy atom. The maximum atomic E-state index is 12.2. The Labute approximate surface area is 124 Å². The fourth-order valence-electron chi connectivity index (χ4n) is 2.65. The highest BCUT2D eigenvalue weighted by Crippen LogP contribution is 2.37. The summed E-state index contributed by atoms with van der Waals surface area (Å²) in [5, 5.41) is -0.457. The average Bonchev–Trinajstić information content (AvgIpc) is 3.33. The monoisotopic (exact) mass is 309 g/mol. The molecular weight excluding hydrogens is 290 g/mol. The van der Waals surface area contributed by atoms with Crippen molar-refractivity contribution < 1.29 is 13.2 Å². The molecule has 0 aromatic carbocycles. The topological polar surface area (TPSA) is 89.0 Å². The summed E-state index contributed by atoms with van der Waals surface area (Å²) in [4.78, 5) is 20.3. The van der Waals surface area contributed by atoms with Crippen LogP contribution >= 0.6 is 0 Å². The molecule has 1 aromatic heterocycles. The lowest BCUT2D eigenvalue weighted by Gasteiger charge is -2.21. The Hall–Kier alpha value is -1.50. The van der Waals surface area contributed by atoms with Crippen LogP contribution < -0.4 is 4.72 Å². The van der Waals surface area contributed by atoms with Gasteiger partial charge < -0.3 is 0 Å². The van der Waals surface area contributed by atoms with Crippen molar-refractivity contribution in [1.29, 1.82) is 0 Å². The van der Waals surface area contributed by atoms with Gasteiger partial charge in [-0.3, -0.25) is 4.79 Å². The first-order chi connectivity index (χ1) is 10.1. The summed E-state index contributed by atoms with van der Waals surface area (Å²) in [5.41, 5.74) is 0.193. The number of carbonyl (C=O) groups excluding carboxylic acids is 1. The maximum Gasteiger partial charge on any atom is 0.267 e. The Morgan fingerprint density at radius 2 is 1.67 bits per heavy atom. The van der Waals surface area contributed by atoms with E-state index >= 15 is 0 Å². The third-order valence-corrected chi connectivity index (χ3v) is 5.92. The molecule has 1 aromatic rings. The molecule has 6 nitrogen and oxygen atoms in total. The van der Waals surface area contributed by atoms with Gasteiger partial charge in [-0.1, -0.05) is 19.3 Å². The molecule has 2 aliphatic carbocycles. The summed E-state index contributed by atoms with van der Waals surface area (Å²) in [7, 11) is -3.60. The molecule has 1 N–H and O–H groups in total. The SMILES string of the molecule is O=C(NS(=O)(=O)C1CCCCC1)c1cnc(C2CC2)nc1. The number of hydrogen-bond donors (Lipinski definition) is 1. The molecule has 2 aliphatic rings. The second-order valence-corrected chi connectivity index (χ2v) is 7.80. The van der Waals surface area contributed by atoms with Crippen LogP contribution in [0.15, 0.2) is 12.4 Å². The van der Waals surface area contributed by atoms with Crippen molar-refractivity contribution in [3.63, 3.8) is 0 Å². The van der Waals surface area contributed by atoms with E-state index in [4.69, 9.17) is 0 Å². The summed E-state index contributed by atoms with van der Waals surface area (Å²) < 4.78 is 26.5. The smallest absolute Gasteiger partial charge is 0.267 e. The van der Waals surface area contributed by atoms with Crippen LogP contribution in [-0.4, -0.2) is 29.5 Å². The van der Waals surface area contributed by atoms with Gasteiger partial charge in [-0.15, -0.1) is 0 Å². The first-order valence-electron chi connectivity index (χ1n) is 7.44. The zero-order valence-corrected chi connectivity index (χ0v) is 12.6. The fraction of sp³-hybridized carbons (Fsp3) is 0.643. The zero-order valence-electron chi connectivity index (χ0n) is 11.8. The molecule has 0 aliphatic heterocycles. The minimum absolute atomic E-state index is 0.193. The van der Waals surface area contributed by atoms with Crippen molar-refractivity contribution in [2.45, 2.75) is 56.1 Å². The molecule has 1 amide bonds. The lowest BCUT2D eigenvalue weighted by atomic mass is 10.0. The number of nitrogens with one attached hydrogen (secondary N) is 1. The van der Waals surface area contributed by atoms with E-state index in [9.17, 15) is 13.2 Å². The Balaban J connectivity index is 1.66. The zero-order chi connectivity index (χ0) is 14.9. The van der Waals surface area contributed by atoms with Gasteiger partial charge in [-0.2, -0.15) is 0 Å². The lowest BCUT2D eigenvalue weighted by Crippen LogP contribution is -2.39. The second kappa shape index (κ2) is 5.71. The number of amides is 1. The van der Waals surface area contributed by atoms with Crippen LogP contribution in [0, 0.1) is 0 Å². The molecule has 0 unspecified atom stereocenters. The van der Waals surface area contributed by atoms with Gasteiger partial charge in [0.2, 0.25) is 10.0 Å². The van der Waals surface area contributed by atoms with Crippen molar-refractivity contribution in [1.82, 2.24) is 14.7 Å². The first-order valence-corrected chi connectivity index (χ1v) is 8.99. The van der Waals surface area contributed by atoms with E-state index in [1.54, 1.807) is 0 Å². The lowest BCUT2D eigenvalue weighted by molar-refractivity contribution is 0.0980. The van der Waals surface area contributed by atoms with Crippen molar-refractivity contribution in [2.24, 2.45) is 0 Å². The second-order valence-electron chi connectivity index (χ2n) is 5.84. The number of carbonyl (C=O) groups is 1. The van der Waals surface area contributed by atoms with Crippen molar-refractivity contribution >= 4 is 15.9 Å². The van der Waals surface area contributed by atoms with E-state index in [-0.39, 0.29) is 5.56 Å². The first kappa shape index (κ1) is 14.4. The Morgan fingerprint density at radius 3 is 2.24 bits per heavy atom. The van der Waals surface area contributed by atoms with Gasteiger partial charge in [0.15, 0.2) is 0 Å². The molecule has 1 heterocycles. The van der Waals surface area contributed by atoms with Gasteiger partial charge in [0, 0.05) is 18.3 Å². The van der Waals surface area contributed by atoms with Crippen molar-refractivity contribution in [3.05, 3.63) is 23.8 Å². The van der Waals surface area contributed by atoms with Gasteiger partial charge in [0.25, 0.3) is 5.91 Å². The molecule has 3 rings (SSSR count). The predicted octanol–water partition coefficient (Wildman–Crippen LogP) is 1.75. The molecule has 0 spiro atoms. The highest BCUT2D eigenvalue weighted by Gasteiger charge is 2.30. The van der Waals surface area contributed by atoms with E-state index in [1.165, 1.54) is 12.4 Å². The van der Waals surface area contributed by atoms with E-state index < -0.39 is 21.2 Å². The number of hydrogen-bond acceptors (Lipinski definition) is 5. The van der Waals surface area contributed by atoms with Crippen LogP contribution in [0.1, 0.15) is 67.0 Å². The van der Waals surface area contributed by atoms with E-state index in [0.29, 0.717) is 18.8 Å². The normalized spacial score (nSPS) is 20.2. The highest BCUT2D eigenvalue weighted by molar-refractivity contribution is 7.90. The van der Waals surface area contributed by atoms with Gasteiger partial charge in [-0.25, -0.2) is 23.1 Å². The summed E-state index contributed by atoms with van der Waals surface area (Å²) in [6.45, 7) is 0. The quantitative estimate of drug-likeness (QED) is 0.915. The molecule has 0 bridgehead atoms. The standard InChI is InChI=1S/C14H19N3O3S/c18-14(11-8-15-13(16-9-11)10-6-7-10)17-21(19,20)12-4-2-1-3-5-12/h8-10,12H,1-7H2,(H,17,18).